The van der Waals surface area contributed by atoms with Gasteiger partial charge in [0.2, 0.25) is 50.1 Å². The topological polar surface area (TPSA) is 539 Å². The summed E-state index contributed by atoms with van der Waals surface area (Å²) >= 11 is 0. The Morgan fingerprint density at radius 3 is 0.773 bits per heavy atom. The highest BCUT2D eigenvalue weighted by Gasteiger charge is 2.40. The number of aliphatic hydroxyl groups is 3. The normalized spacial score (nSPS) is 18.2. The molecule has 10 heterocycles. The van der Waals surface area contributed by atoms with E-state index in [4.69, 9.17) is 20.0 Å². The van der Waals surface area contributed by atoms with Crippen LogP contribution in [0, 0.1) is 91.3 Å². The summed E-state index contributed by atoms with van der Waals surface area (Å²) in [5, 5.41) is 75.8. The highest BCUT2D eigenvalue weighted by Crippen LogP contribution is 2.38. The molecule has 0 aliphatic carbocycles. The van der Waals surface area contributed by atoms with E-state index in [2.05, 4.69) is 86.9 Å². The molecule has 0 amide bonds. The third-order valence-electron chi connectivity index (χ3n) is 23.6. The van der Waals surface area contributed by atoms with Crippen LogP contribution in [0.4, 0.5) is 0 Å². The van der Waals surface area contributed by atoms with Crippen LogP contribution in [0.3, 0.4) is 0 Å². The lowest BCUT2D eigenvalue weighted by molar-refractivity contribution is 0.0972. The second-order valence-corrected chi connectivity index (χ2v) is 42.1. The van der Waals surface area contributed by atoms with Gasteiger partial charge in [-0.25, -0.2) is 65.7 Å². The molecule has 10 aromatic rings. The number of aromatic nitrogens is 5. The third-order valence-corrected chi connectivity index (χ3v) is 31.0. The number of aliphatic hydroxyl groups excluding tert-OH is 3. The average Bonchev–Trinajstić information content (AvgIpc) is 1.61. The first-order chi connectivity index (χ1) is 66.5. The first kappa shape index (κ1) is 107. The maximum absolute atomic E-state index is 13.0. The van der Waals surface area contributed by atoms with Crippen molar-refractivity contribution < 1.29 is 90.9 Å². The minimum atomic E-state index is -3.94. The fourth-order valence-electron chi connectivity index (χ4n) is 15.9. The van der Waals surface area contributed by atoms with E-state index < -0.39 is 98.6 Å². The van der Waals surface area contributed by atoms with Crippen molar-refractivity contribution in [3.8, 4) is 41.8 Å². The number of ketones is 5. The molecule has 0 saturated carbocycles. The van der Waals surface area contributed by atoms with Crippen molar-refractivity contribution in [2.24, 2.45) is 35.2 Å². The zero-order chi connectivity index (χ0) is 104. The van der Waals surface area contributed by atoms with Gasteiger partial charge in [-0.15, -0.1) is 32.9 Å². The molecule has 40 heteroatoms. The van der Waals surface area contributed by atoms with Gasteiger partial charge < -0.3 is 47.6 Å². The molecular weight excluding hydrogens is 1900 g/mol. The molecule has 5 aromatic carbocycles. The summed E-state index contributed by atoms with van der Waals surface area (Å²) in [4.78, 5) is 64.7. The lowest BCUT2D eigenvalue weighted by atomic mass is 10.00. The van der Waals surface area contributed by atoms with E-state index in [1.165, 1.54) is 121 Å². The molecule has 8 atom stereocenters. The van der Waals surface area contributed by atoms with E-state index in [1.54, 1.807) is 126 Å². The summed E-state index contributed by atoms with van der Waals surface area (Å²) in [6.45, 7) is 26.8. The monoisotopic (exact) mass is 2000 g/mol. The molecule has 0 spiro atoms. The maximum Gasteiger partial charge on any atom is 0.246 e. The van der Waals surface area contributed by atoms with Crippen molar-refractivity contribution in [1.29, 1.82) is 26.3 Å². The maximum atomic E-state index is 13.0. The fraction of sp³-hybridized carbons (Fsp3) is 0.248. The third kappa shape index (κ3) is 23.9. The van der Waals surface area contributed by atoms with E-state index in [0.717, 1.165) is 27.8 Å². The molecule has 141 heavy (non-hydrogen) atoms. The molecule has 0 saturated heterocycles. The summed E-state index contributed by atoms with van der Waals surface area (Å²) in [7, 11) is -11.5. The number of nitriles is 5. The number of hydrogen-bond acceptors (Lipinski definition) is 25. The predicted octanol–water partition coefficient (Wildman–Crippen LogP) is 9.27. The first-order valence-corrected chi connectivity index (χ1v) is 50.7. The Balaban J connectivity index is 0.000000169. The lowest BCUT2D eigenvalue weighted by Gasteiger charge is -2.16. The van der Waals surface area contributed by atoms with Gasteiger partial charge in [0.1, 0.15) is 49.1 Å². The first-order valence-electron chi connectivity index (χ1n) is 43.3. The Morgan fingerprint density at radius 2 is 0.560 bits per heavy atom. The minimum absolute atomic E-state index is 0.0271. The van der Waals surface area contributed by atoms with Gasteiger partial charge in [-0.1, -0.05) is 127 Å². The van der Waals surface area contributed by atoms with Crippen LogP contribution in [0.25, 0.3) is 18.2 Å². The largest absolute Gasteiger partial charge is 0.488 e. The summed E-state index contributed by atoms with van der Waals surface area (Å²) < 4.78 is 157. The Hall–Kier alpha value is -14.8. The minimum Gasteiger partial charge on any atom is -0.488 e. The van der Waals surface area contributed by atoms with Crippen molar-refractivity contribution in [1.82, 2.24) is 46.4 Å². The van der Waals surface area contributed by atoms with E-state index in [-0.39, 0.29) is 155 Å². The van der Waals surface area contributed by atoms with Crippen molar-refractivity contribution in [2.45, 2.75) is 140 Å². The zero-order valence-electron chi connectivity index (χ0n) is 78.3. The van der Waals surface area contributed by atoms with E-state index in [9.17, 15) is 97.2 Å². The highest BCUT2D eigenvalue weighted by atomic mass is 32.2. The van der Waals surface area contributed by atoms with Gasteiger partial charge in [-0.05, 0) is 121 Å². The summed E-state index contributed by atoms with van der Waals surface area (Å²) in [5.41, 5.74) is 11.9. The Bertz CT molecular complexity index is 7150. The van der Waals surface area contributed by atoms with Crippen molar-refractivity contribution in [2.75, 3.05) is 13.2 Å². The number of Topliss-reactive ketones (excluding diaryl/α,β-unsaturated/α-hetero) is 5. The lowest BCUT2D eigenvalue weighted by Crippen LogP contribution is -2.40. The summed E-state index contributed by atoms with van der Waals surface area (Å²) in [5.74, 6) is -1.31. The molecule has 5 aromatic heterocycles. The number of sulfonamides is 5. The number of ether oxygens (including phenoxy) is 2. The SMILES string of the molecule is C=CC(O)C1C=Cc2c(cn(C)c2C(=O)Cc2ccc(C)c(C#N)c2)S(=O)(=O)N1.C=CC(O)[C@@H]1C=Cc2c(cn(C)c2C(=O)Cc2ccc(C)c(C#N)c2)S(=O)(=O)N1.C=CC(O)[C@H]1C=Cc2c(cn(C)c2C(=O)Cc2ccc(C)c(C#N)c2)S(=O)(=O)N1.C=CC1COc2c(cn(C)c2C(=O)Cc2ccc(C)c(C#N)c2)S(=O)(=O)N1.C=C[C@@H]1COc2c(cn(C)c2C(=O)Cc2ccc(C)c(C#N)c2)S(=O)(=O)N1. The number of rotatable bonds is 23. The Morgan fingerprint density at radius 1 is 0.355 bits per heavy atom. The van der Waals surface area contributed by atoms with Crippen LogP contribution in [0.5, 0.6) is 11.5 Å². The number of nitrogens with zero attached hydrogens (tertiary/aromatic N) is 10. The molecule has 5 unspecified atom stereocenters. The van der Waals surface area contributed by atoms with Gasteiger partial charge in [0.25, 0.3) is 0 Å². The predicted molar refractivity (Wildman–Crippen MR) is 524 cm³/mol. The molecule has 0 radical (unpaired) electrons. The molecule has 0 bridgehead atoms. The van der Waals surface area contributed by atoms with Crippen molar-refractivity contribution in [3.05, 3.63) is 332 Å². The molecule has 730 valence electrons. The highest BCUT2D eigenvalue weighted by molar-refractivity contribution is 7.90. The van der Waals surface area contributed by atoms with Crippen LogP contribution in [-0.2, 0) is 117 Å². The standard InChI is InChI=1S/3C21H21N3O4S.2C19H19N3O4S/c3*1-4-18(25)17-8-7-16-20(29(27,28)23-17)12-24(3)21(16)19(26)10-14-6-5-13(2)15(9-14)11-22;2*1-4-15-11-26-19-17(27(24,25)21-15)10-22(3)18(19)16(23)8-13-6-5-12(2)14(7-13)9-20/h3*4-9,12,17-18,23,25H,1,10H2,2-3H3;2*4-7,10,15,21H,1,8,11H2,2-3H3/t2*17-,18?;;15-;/m10.1./s1. The quantitative estimate of drug-likeness (QED) is 0.0218. The number of benzene rings is 5. The number of fused-ring (bicyclic) bond motifs is 5. The van der Waals surface area contributed by atoms with E-state index >= 15 is 0 Å². The van der Waals surface area contributed by atoms with Gasteiger partial charge in [0.05, 0.1) is 124 Å². The van der Waals surface area contributed by atoms with Gasteiger partial charge in [-0.2, -0.15) is 26.3 Å². The van der Waals surface area contributed by atoms with Gasteiger partial charge in [0.15, 0.2) is 40.4 Å². The van der Waals surface area contributed by atoms with E-state index in [1.807, 2.05) is 34.6 Å². The van der Waals surface area contributed by atoms with Gasteiger partial charge in [-0.3, -0.25) is 24.0 Å². The molecule has 5 aliphatic rings. The second-order valence-electron chi connectivity index (χ2n) is 33.7. The molecule has 5 aliphatic heterocycles. The summed E-state index contributed by atoms with van der Waals surface area (Å²) in [6, 6.07) is 32.8. The Kier molecular flexibility index (Phi) is 33.4. The van der Waals surface area contributed by atoms with Gasteiger partial charge >= 0.3 is 0 Å². The Labute approximate surface area is 817 Å². The number of hydrogen-bond donors (Lipinski definition) is 8. The molecule has 8 N–H and O–H groups in total. The van der Waals surface area contributed by atoms with Gasteiger partial charge in [0, 0.05) is 115 Å². The number of aryl methyl sites for hydroxylation is 10. The zero-order valence-corrected chi connectivity index (χ0v) is 82.4. The summed E-state index contributed by atoms with van der Waals surface area (Å²) in [6.07, 6.45) is 19.4. The van der Waals surface area contributed by atoms with Crippen LogP contribution in [0.2, 0.25) is 0 Å². The molecular formula is C101H101N15O20S5. The van der Waals surface area contributed by atoms with Crippen LogP contribution in [-0.4, -0.2) is 171 Å². The van der Waals surface area contributed by atoms with Crippen LogP contribution in [0.1, 0.15) is 153 Å². The van der Waals surface area contributed by atoms with Crippen LogP contribution >= 0.6 is 0 Å². The smallest absolute Gasteiger partial charge is 0.246 e. The number of nitrogens with one attached hydrogen (secondary N) is 5. The molecule has 15 rings (SSSR count). The van der Waals surface area contributed by atoms with E-state index in [0.29, 0.717) is 55.6 Å². The van der Waals surface area contributed by atoms with Crippen molar-refractivity contribution in [3.63, 3.8) is 0 Å². The fourth-order valence-corrected chi connectivity index (χ4v) is 23.1. The number of carbonyl (C=O) groups is 5. The number of carbonyl (C=O) groups excluding carboxylic acids is 5. The van der Waals surface area contributed by atoms with Crippen molar-refractivity contribution >= 4 is 97.3 Å². The second kappa shape index (κ2) is 44.2. The molecule has 0 fully saturated rings. The average molecular weight is 2010 g/mol. The van der Waals surface area contributed by atoms with Crippen LogP contribution in [0.15, 0.2) is 228 Å². The van der Waals surface area contributed by atoms with Crippen LogP contribution < -0.4 is 33.1 Å². The molecule has 35 nitrogen and oxygen atoms in total.